The van der Waals surface area contributed by atoms with E-state index < -0.39 is 11.0 Å². The van der Waals surface area contributed by atoms with Gasteiger partial charge in [0.15, 0.2) is 0 Å². The predicted octanol–water partition coefficient (Wildman–Crippen LogP) is 1.49. The van der Waals surface area contributed by atoms with Crippen LogP contribution in [0, 0.1) is 10.1 Å². The summed E-state index contributed by atoms with van der Waals surface area (Å²) in [6, 6.07) is 6.09. The van der Waals surface area contributed by atoms with Crippen molar-refractivity contribution in [3.05, 3.63) is 57.9 Å². The number of hydrogen-bond acceptors (Lipinski definition) is 5. The third-order valence-electron chi connectivity index (χ3n) is 3.16. The molecule has 0 aliphatic rings. The number of nitro groups is 1. The smallest absolute Gasteiger partial charge is 0.269 e. The van der Waals surface area contributed by atoms with Crippen LogP contribution in [-0.4, -0.2) is 38.3 Å². The number of benzene rings is 1. The number of aromatic nitrogens is 2. The van der Waals surface area contributed by atoms with E-state index in [1.54, 1.807) is 23.0 Å². The molecule has 0 saturated heterocycles. The van der Waals surface area contributed by atoms with Crippen LogP contribution < -0.4 is 0 Å². The van der Waals surface area contributed by atoms with Gasteiger partial charge in [-0.25, -0.2) is 0 Å². The van der Waals surface area contributed by atoms with Gasteiger partial charge in [0.2, 0.25) is 0 Å². The lowest BCUT2D eigenvalue weighted by molar-refractivity contribution is -0.385. The van der Waals surface area contributed by atoms with Crippen LogP contribution in [0.2, 0.25) is 0 Å². The van der Waals surface area contributed by atoms with Crippen molar-refractivity contribution in [3.8, 4) is 0 Å². The molecular weight excluding hydrogens is 272 g/mol. The Hall–Kier alpha value is -2.25. The van der Waals surface area contributed by atoms with E-state index in [1.165, 1.54) is 12.1 Å². The zero-order valence-electron chi connectivity index (χ0n) is 12.0. The summed E-state index contributed by atoms with van der Waals surface area (Å²) < 4.78 is 1.72. The highest BCUT2D eigenvalue weighted by molar-refractivity contribution is 5.35. The monoisotopic (exact) mass is 290 g/mol. The van der Waals surface area contributed by atoms with Gasteiger partial charge in [-0.15, -0.1) is 0 Å². The summed E-state index contributed by atoms with van der Waals surface area (Å²) >= 11 is 0. The van der Waals surface area contributed by atoms with E-state index in [9.17, 15) is 15.2 Å². The number of nitro benzene ring substituents is 1. The minimum atomic E-state index is -0.772. The average Bonchev–Trinajstić information content (AvgIpc) is 2.83. The van der Waals surface area contributed by atoms with Gasteiger partial charge in [-0.1, -0.05) is 12.1 Å². The van der Waals surface area contributed by atoms with Gasteiger partial charge >= 0.3 is 0 Å². The highest BCUT2D eigenvalue weighted by atomic mass is 16.6. The molecule has 0 bridgehead atoms. The molecule has 0 radical (unpaired) electrons. The van der Waals surface area contributed by atoms with Gasteiger partial charge in [0.25, 0.3) is 5.69 Å². The van der Waals surface area contributed by atoms with E-state index >= 15 is 0 Å². The fourth-order valence-corrected chi connectivity index (χ4v) is 2.18. The van der Waals surface area contributed by atoms with Crippen LogP contribution >= 0.6 is 0 Å². The second-order valence-corrected chi connectivity index (χ2v) is 5.09. The normalized spacial score (nSPS) is 12.6. The molecule has 21 heavy (non-hydrogen) atoms. The number of non-ortho nitro benzene ring substituents is 1. The van der Waals surface area contributed by atoms with Crippen molar-refractivity contribution in [1.82, 2.24) is 14.7 Å². The summed E-state index contributed by atoms with van der Waals surface area (Å²) in [6.07, 6.45) is 2.92. The molecule has 0 aliphatic carbocycles. The second kappa shape index (κ2) is 6.47. The maximum Gasteiger partial charge on any atom is 0.269 e. The molecule has 112 valence electrons. The Morgan fingerprint density at radius 1 is 1.52 bits per heavy atom. The Kier molecular flexibility index (Phi) is 4.66. The fraction of sp³-hybridized carbons (Fsp3) is 0.357. The Morgan fingerprint density at radius 2 is 2.29 bits per heavy atom. The third-order valence-corrected chi connectivity index (χ3v) is 3.16. The quantitative estimate of drug-likeness (QED) is 0.643. The lowest BCUT2D eigenvalue weighted by atomic mass is 10.1. The first-order valence-electron chi connectivity index (χ1n) is 6.54. The van der Waals surface area contributed by atoms with Gasteiger partial charge in [-0.3, -0.25) is 19.7 Å². The van der Waals surface area contributed by atoms with E-state index in [4.69, 9.17) is 0 Å². The van der Waals surface area contributed by atoms with E-state index in [0.717, 1.165) is 5.56 Å². The largest absolute Gasteiger partial charge is 0.387 e. The average molecular weight is 290 g/mol. The minimum Gasteiger partial charge on any atom is -0.387 e. The van der Waals surface area contributed by atoms with Crippen LogP contribution in [0.25, 0.3) is 0 Å². The molecule has 0 saturated carbocycles. The van der Waals surface area contributed by atoms with Crippen molar-refractivity contribution >= 4 is 5.69 Å². The van der Waals surface area contributed by atoms with Gasteiger partial charge in [-0.05, 0) is 12.6 Å². The van der Waals surface area contributed by atoms with E-state index in [0.29, 0.717) is 18.7 Å². The topological polar surface area (TPSA) is 84.4 Å². The Morgan fingerprint density at radius 3 is 2.90 bits per heavy atom. The third kappa shape index (κ3) is 4.11. The van der Waals surface area contributed by atoms with Crippen molar-refractivity contribution in [2.24, 2.45) is 7.05 Å². The molecule has 1 aromatic carbocycles. The van der Waals surface area contributed by atoms with E-state index in [2.05, 4.69) is 5.10 Å². The summed E-state index contributed by atoms with van der Waals surface area (Å²) in [7, 11) is 3.73. The van der Waals surface area contributed by atoms with Gasteiger partial charge in [-0.2, -0.15) is 5.10 Å². The fourth-order valence-electron chi connectivity index (χ4n) is 2.18. The lowest BCUT2D eigenvalue weighted by Crippen LogP contribution is -2.24. The maximum atomic E-state index is 10.7. The van der Waals surface area contributed by atoms with Crippen molar-refractivity contribution < 1.29 is 10.0 Å². The minimum absolute atomic E-state index is 0.0125. The molecule has 0 spiro atoms. The summed E-state index contributed by atoms with van der Waals surface area (Å²) in [6.45, 7) is 1.04. The molecule has 1 aromatic heterocycles. The van der Waals surface area contributed by atoms with Gasteiger partial charge in [0.1, 0.15) is 0 Å². The molecule has 0 amide bonds. The second-order valence-electron chi connectivity index (χ2n) is 5.09. The first-order chi connectivity index (χ1) is 9.95. The molecule has 0 fully saturated rings. The molecule has 1 atom stereocenters. The Labute approximate surface area is 122 Å². The van der Waals surface area contributed by atoms with Crippen LogP contribution in [0.15, 0.2) is 36.7 Å². The molecule has 0 aliphatic heterocycles. The summed E-state index contributed by atoms with van der Waals surface area (Å²) in [5.41, 5.74) is 1.58. The summed E-state index contributed by atoms with van der Waals surface area (Å²) in [5.74, 6) is 0. The van der Waals surface area contributed by atoms with Crippen LogP contribution in [0.1, 0.15) is 17.2 Å². The number of likely N-dealkylation sites (N-methyl/N-ethyl adjacent to an activating group) is 1. The SMILES string of the molecule is CN(Cc1cnn(C)c1)CC(O)c1cccc([N+](=O)[O-])c1. The summed E-state index contributed by atoms with van der Waals surface area (Å²) in [5, 5.41) is 25.0. The molecule has 1 heterocycles. The lowest BCUT2D eigenvalue weighted by Gasteiger charge is -2.20. The standard InChI is InChI=1S/C14H18N4O3/c1-16(8-11-7-15-17(2)9-11)10-14(19)12-4-3-5-13(6-12)18(20)21/h3-7,9,14,19H,8,10H2,1-2H3. The van der Waals surface area contributed by atoms with E-state index in [1.807, 2.05) is 25.2 Å². The number of aryl methyl sites for hydroxylation is 1. The number of aliphatic hydroxyl groups excluding tert-OH is 1. The molecule has 2 rings (SSSR count). The van der Waals surface area contributed by atoms with Gasteiger partial charge in [0.05, 0.1) is 17.2 Å². The van der Waals surface area contributed by atoms with Crippen LogP contribution in [0.3, 0.4) is 0 Å². The molecular formula is C14H18N4O3. The maximum absolute atomic E-state index is 10.7. The van der Waals surface area contributed by atoms with Crippen LogP contribution in [-0.2, 0) is 13.6 Å². The van der Waals surface area contributed by atoms with Gasteiger partial charge < -0.3 is 5.11 Å². The predicted molar refractivity (Wildman–Crippen MR) is 77.6 cm³/mol. The number of nitrogens with zero attached hydrogens (tertiary/aromatic N) is 4. The number of rotatable bonds is 6. The number of hydrogen-bond donors (Lipinski definition) is 1. The van der Waals surface area contributed by atoms with Crippen LogP contribution in [0.5, 0.6) is 0 Å². The first kappa shape index (κ1) is 15.1. The molecule has 7 nitrogen and oxygen atoms in total. The van der Waals surface area contributed by atoms with E-state index in [-0.39, 0.29) is 5.69 Å². The molecule has 1 N–H and O–H groups in total. The van der Waals surface area contributed by atoms with Crippen LogP contribution in [0.4, 0.5) is 5.69 Å². The van der Waals surface area contributed by atoms with Crippen molar-refractivity contribution in [1.29, 1.82) is 0 Å². The highest BCUT2D eigenvalue weighted by Crippen LogP contribution is 2.20. The number of aliphatic hydroxyl groups is 1. The highest BCUT2D eigenvalue weighted by Gasteiger charge is 2.14. The Bertz CT molecular complexity index is 626. The van der Waals surface area contributed by atoms with Gasteiger partial charge in [0, 0.05) is 44.0 Å². The van der Waals surface area contributed by atoms with Crippen molar-refractivity contribution in [2.45, 2.75) is 12.6 Å². The zero-order valence-corrected chi connectivity index (χ0v) is 12.0. The molecule has 7 heteroatoms. The molecule has 1 unspecified atom stereocenters. The summed E-state index contributed by atoms with van der Waals surface area (Å²) in [4.78, 5) is 12.2. The zero-order chi connectivity index (χ0) is 15.4. The van der Waals surface area contributed by atoms with Crippen molar-refractivity contribution in [2.75, 3.05) is 13.6 Å². The molecule has 2 aromatic rings. The Balaban J connectivity index is 1.98. The first-order valence-corrected chi connectivity index (χ1v) is 6.54. The van der Waals surface area contributed by atoms with Crippen molar-refractivity contribution in [3.63, 3.8) is 0 Å².